The number of rotatable bonds is 8. The third-order valence-electron chi connectivity index (χ3n) is 2.56. The fourth-order valence-corrected chi connectivity index (χ4v) is 1.33. The molecule has 0 spiro atoms. The van der Waals surface area contributed by atoms with Gasteiger partial charge in [0.15, 0.2) is 0 Å². The summed E-state index contributed by atoms with van der Waals surface area (Å²) in [5, 5.41) is 17.1. The highest BCUT2D eigenvalue weighted by atomic mass is 16.2. The fraction of sp³-hybridized carbons (Fsp3) is 0.909. The van der Waals surface area contributed by atoms with Crippen molar-refractivity contribution < 1.29 is 5.11 Å². The van der Waals surface area contributed by atoms with E-state index in [1.807, 2.05) is 0 Å². The number of nitriles is 1. The molecule has 0 amide bonds. The van der Waals surface area contributed by atoms with E-state index in [9.17, 15) is 0 Å². The van der Waals surface area contributed by atoms with Crippen molar-refractivity contribution in [3.05, 3.63) is 0 Å². The van der Waals surface area contributed by atoms with Gasteiger partial charge in [0.05, 0.1) is 12.5 Å². The lowest BCUT2D eigenvalue weighted by molar-refractivity contribution is 0.249. The summed E-state index contributed by atoms with van der Waals surface area (Å²) in [7, 11) is 2.06. The van der Waals surface area contributed by atoms with Crippen LogP contribution in [0.3, 0.4) is 0 Å². The van der Waals surface area contributed by atoms with E-state index in [-0.39, 0.29) is 0 Å². The van der Waals surface area contributed by atoms with Crippen LogP contribution in [-0.2, 0) is 0 Å². The Kier molecular flexibility index (Phi) is 8.61. The van der Waals surface area contributed by atoms with E-state index in [4.69, 9.17) is 10.4 Å². The third-order valence-corrected chi connectivity index (χ3v) is 2.56. The Balaban J connectivity index is 3.35. The summed E-state index contributed by atoms with van der Waals surface area (Å²) >= 11 is 0. The van der Waals surface area contributed by atoms with E-state index >= 15 is 0 Å². The summed E-state index contributed by atoms with van der Waals surface area (Å²) in [5.41, 5.74) is 0. The molecule has 0 aliphatic carbocycles. The van der Waals surface area contributed by atoms with Crippen molar-refractivity contribution in [1.29, 1.82) is 5.26 Å². The van der Waals surface area contributed by atoms with E-state index in [0.717, 1.165) is 25.8 Å². The number of hydrogen-bond donors (Lipinski definition) is 1. The molecule has 82 valence electrons. The average molecular weight is 198 g/mol. The molecule has 0 rings (SSSR count). The van der Waals surface area contributed by atoms with E-state index < -0.39 is 0 Å². The van der Waals surface area contributed by atoms with Crippen LogP contribution in [0, 0.1) is 11.3 Å². The average Bonchev–Trinajstić information content (AvgIpc) is 2.17. The van der Waals surface area contributed by atoms with Crippen molar-refractivity contribution in [3.63, 3.8) is 0 Å². The minimum Gasteiger partial charge on any atom is -0.396 e. The maximum Gasteiger partial charge on any atom is 0.0638 e. The second kappa shape index (κ2) is 8.98. The Morgan fingerprint density at radius 2 is 1.93 bits per heavy atom. The molecule has 0 aromatic carbocycles. The molecule has 1 atom stereocenters. The number of aliphatic hydroxyl groups is 1. The van der Waals surface area contributed by atoms with Crippen molar-refractivity contribution >= 4 is 0 Å². The van der Waals surface area contributed by atoms with E-state index in [1.54, 1.807) is 0 Å². The van der Waals surface area contributed by atoms with Crippen LogP contribution in [0.25, 0.3) is 0 Å². The van der Waals surface area contributed by atoms with Crippen LogP contribution in [0.4, 0.5) is 0 Å². The first-order chi connectivity index (χ1) is 6.72. The topological polar surface area (TPSA) is 47.3 Å². The zero-order valence-corrected chi connectivity index (χ0v) is 9.37. The summed E-state index contributed by atoms with van der Waals surface area (Å²) < 4.78 is 0. The number of nitrogens with zero attached hydrogens (tertiary/aromatic N) is 2. The molecule has 0 radical (unpaired) electrons. The van der Waals surface area contributed by atoms with Crippen LogP contribution < -0.4 is 0 Å². The second-order valence-corrected chi connectivity index (χ2v) is 3.83. The summed E-state index contributed by atoms with van der Waals surface area (Å²) in [6.45, 7) is 3.44. The predicted octanol–water partition coefficient (Wildman–Crippen LogP) is 1.77. The molecule has 0 saturated carbocycles. The van der Waals surface area contributed by atoms with Gasteiger partial charge in [-0.3, -0.25) is 0 Å². The zero-order valence-electron chi connectivity index (χ0n) is 9.37. The highest BCUT2D eigenvalue weighted by Gasteiger charge is 2.07. The van der Waals surface area contributed by atoms with Gasteiger partial charge in [-0.05, 0) is 33.4 Å². The van der Waals surface area contributed by atoms with Gasteiger partial charge in [0, 0.05) is 12.6 Å². The highest BCUT2D eigenvalue weighted by Crippen LogP contribution is 2.04. The van der Waals surface area contributed by atoms with Gasteiger partial charge in [-0.15, -0.1) is 0 Å². The molecule has 3 nitrogen and oxygen atoms in total. The first-order valence-electron chi connectivity index (χ1n) is 5.40. The predicted molar refractivity (Wildman–Crippen MR) is 57.9 cm³/mol. The molecular weight excluding hydrogens is 176 g/mol. The second-order valence-electron chi connectivity index (χ2n) is 3.83. The molecule has 0 fully saturated rings. The van der Waals surface area contributed by atoms with Gasteiger partial charge >= 0.3 is 0 Å². The lowest BCUT2D eigenvalue weighted by Gasteiger charge is -2.22. The van der Waals surface area contributed by atoms with Crippen LogP contribution >= 0.6 is 0 Å². The summed E-state index contributed by atoms with van der Waals surface area (Å²) in [4.78, 5) is 2.22. The van der Waals surface area contributed by atoms with E-state index in [1.165, 1.54) is 6.42 Å². The van der Waals surface area contributed by atoms with Crippen molar-refractivity contribution in [2.24, 2.45) is 0 Å². The maximum atomic E-state index is 8.59. The SMILES string of the molecule is CC(CC#N)N(C)CCCCCCO. The lowest BCUT2D eigenvalue weighted by atomic mass is 10.1. The normalized spacial score (nSPS) is 12.8. The van der Waals surface area contributed by atoms with Crippen LogP contribution in [-0.4, -0.2) is 36.2 Å². The van der Waals surface area contributed by atoms with Crippen molar-refractivity contribution in [3.8, 4) is 6.07 Å². The van der Waals surface area contributed by atoms with Crippen LogP contribution in [0.1, 0.15) is 39.0 Å². The molecule has 1 N–H and O–H groups in total. The maximum absolute atomic E-state index is 8.59. The number of unbranched alkanes of at least 4 members (excludes halogenated alkanes) is 3. The van der Waals surface area contributed by atoms with Crippen molar-refractivity contribution in [2.45, 2.75) is 45.1 Å². The molecule has 0 bridgehead atoms. The molecule has 0 aromatic rings. The minimum atomic E-state index is 0.306. The third kappa shape index (κ3) is 6.88. The molecular formula is C11H22N2O. The van der Waals surface area contributed by atoms with Gasteiger partial charge in [-0.2, -0.15) is 5.26 Å². The first kappa shape index (κ1) is 13.4. The van der Waals surface area contributed by atoms with Gasteiger partial charge in [0.1, 0.15) is 0 Å². The standard InChI is InChI=1S/C11H22N2O/c1-11(7-8-12)13(2)9-5-3-4-6-10-14/h11,14H,3-7,9-10H2,1-2H3. The Labute approximate surface area is 87.3 Å². The molecule has 1 unspecified atom stereocenters. The smallest absolute Gasteiger partial charge is 0.0638 e. The van der Waals surface area contributed by atoms with Gasteiger partial charge in [-0.25, -0.2) is 0 Å². The van der Waals surface area contributed by atoms with E-state index in [0.29, 0.717) is 19.1 Å². The molecule has 3 heteroatoms. The molecule has 14 heavy (non-hydrogen) atoms. The van der Waals surface area contributed by atoms with Gasteiger partial charge in [0.2, 0.25) is 0 Å². The largest absolute Gasteiger partial charge is 0.396 e. The molecule has 0 aromatic heterocycles. The summed E-state index contributed by atoms with van der Waals surface area (Å²) in [6.07, 6.45) is 4.96. The van der Waals surface area contributed by atoms with E-state index in [2.05, 4.69) is 24.9 Å². The Morgan fingerprint density at radius 1 is 1.29 bits per heavy atom. The van der Waals surface area contributed by atoms with Crippen molar-refractivity contribution in [1.82, 2.24) is 4.90 Å². The molecule has 0 heterocycles. The quantitative estimate of drug-likeness (QED) is 0.605. The van der Waals surface area contributed by atoms with Crippen LogP contribution in [0.5, 0.6) is 0 Å². The lowest BCUT2D eigenvalue weighted by Crippen LogP contribution is -2.29. The summed E-state index contributed by atoms with van der Waals surface area (Å²) in [6, 6.07) is 2.54. The van der Waals surface area contributed by atoms with Crippen LogP contribution in [0.2, 0.25) is 0 Å². The minimum absolute atomic E-state index is 0.306. The highest BCUT2D eigenvalue weighted by molar-refractivity contribution is 4.78. The number of aliphatic hydroxyl groups excluding tert-OH is 1. The van der Waals surface area contributed by atoms with Crippen molar-refractivity contribution in [2.75, 3.05) is 20.2 Å². The fourth-order valence-electron chi connectivity index (χ4n) is 1.33. The molecule has 0 aliphatic rings. The van der Waals surface area contributed by atoms with Gasteiger partial charge in [-0.1, -0.05) is 12.8 Å². The zero-order chi connectivity index (χ0) is 10.8. The molecule has 0 aliphatic heterocycles. The Hall–Kier alpha value is -0.590. The van der Waals surface area contributed by atoms with Gasteiger partial charge in [0.25, 0.3) is 0 Å². The first-order valence-corrected chi connectivity index (χ1v) is 5.40. The van der Waals surface area contributed by atoms with Crippen LogP contribution in [0.15, 0.2) is 0 Å². The summed E-state index contributed by atoms with van der Waals surface area (Å²) in [5.74, 6) is 0. The Bertz CT molecular complexity index is 165. The van der Waals surface area contributed by atoms with Gasteiger partial charge < -0.3 is 10.0 Å². The number of hydrogen-bond acceptors (Lipinski definition) is 3. The Morgan fingerprint density at radius 3 is 2.50 bits per heavy atom. The monoisotopic (exact) mass is 198 g/mol. The molecule has 0 saturated heterocycles.